The van der Waals surface area contributed by atoms with Crippen LogP contribution in [0.1, 0.15) is 24.3 Å². The summed E-state index contributed by atoms with van der Waals surface area (Å²) in [5, 5.41) is 12.0. The number of pyridine rings is 1. The number of carbonyl (C=O) groups is 1. The third kappa shape index (κ3) is 4.40. The Morgan fingerprint density at radius 1 is 1.47 bits per heavy atom. The van der Waals surface area contributed by atoms with E-state index in [9.17, 15) is 4.79 Å². The van der Waals surface area contributed by atoms with E-state index in [4.69, 9.17) is 5.11 Å². The minimum atomic E-state index is -1.00. The van der Waals surface area contributed by atoms with Crippen LogP contribution in [0.25, 0.3) is 0 Å². The molecular formula is C12H19N3O2. The minimum absolute atomic E-state index is 0.0674. The Hall–Kier alpha value is -1.62. The number of rotatable bonds is 7. The molecule has 0 fully saturated rings. The molecule has 0 bridgehead atoms. The molecule has 0 radical (unpaired) electrons. The lowest BCUT2D eigenvalue weighted by Gasteiger charge is -2.18. The maximum atomic E-state index is 10.7. The molecule has 0 saturated heterocycles. The van der Waals surface area contributed by atoms with Crippen molar-refractivity contribution in [2.45, 2.75) is 13.8 Å². The number of likely N-dealkylation sites (N-methyl/N-ethyl adjacent to an activating group) is 1. The van der Waals surface area contributed by atoms with E-state index in [1.54, 1.807) is 12.1 Å². The van der Waals surface area contributed by atoms with Gasteiger partial charge in [-0.15, -0.1) is 0 Å². The van der Waals surface area contributed by atoms with Gasteiger partial charge in [0.15, 0.2) is 0 Å². The van der Waals surface area contributed by atoms with Crippen molar-refractivity contribution in [2.24, 2.45) is 0 Å². The Labute approximate surface area is 101 Å². The first-order valence-electron chi connectivity index (χ1n) is 5.83. The van der Waals surface area contributed by atoms with Gasteiger partial charge in [-0.2, -0.15) is 0 Å². The van der Waals surface area contributed by atoms with Gasteiger partial charge in [0.2, 0.25) is 0 Å². The van der Waals surface area contributed by atoms with Gasteiger partial charge in [0.25, 0.3) is 0 Å². The average molecular weight is 237 g/mol. The van der Waals surface area contributed by atoms with Crippen molar-refractivity contribution >= 4 is 11.7 Å². The summed E-state index contributed by atoms with van der Waals surface area (Å²) in [5.41, 5.74) is 0.863. The lowest BCUT2D eigenvalue weighted by atomic mass is 10.3. The predicted molar refractivity (Wildman–Crippen MR) is 67.5 cm³/mol. The SMILES string of the molecule is CCN(CC)CCNc1ccnc(C(=O)O)c1. The van der Waals surface area contributed by atoms with Crippen molar-refractivity contribution in [3.63, 3.8) is 0 Å². The monoisotopic (exact) mass is 237 g/mol. The lowest BCUT2D eigenvalue weighted by molar-refractivity contribution is 0.0690. The van der Waals surface area contributed by atoms with Crippen LogP contribution in [-0.4, -0.2) is 47.1 Å². The molecule has 5 heteroatoms. The van der Waals surface area contributed by atoms with Gasteiger partial charge in [0.1, 0.15) is 5.69 Å². The van der Waals surface area contributed by atoms with Gasteiger partial charge >= 0.3 is 5.97 Å². The Morgan fingerprint density at radius 3 is 2.76 bits per heavy atom. The number of aromatic carboxylic acids is 1. The molecule has 17 heavy (non-hydrogen) atoms. The van der Waals surface area contributed by atoms with Crippen molar-refractivity contribution in [2.75, 3.05) is 31.5 Å². The summed E-state index contributed by atoms with van der Waals surface area (Å²) in [5.74, 6) is -1.00. The molecule has 0 unspecified atom stereocenters. The van der Waals surface area contributed by atoms with Gasteiger partial charge in [-0.1, -0.05) is 13.8 Å². The van der Waals surface area contributed by atoms with E-state index in [-0.39, 0.29) is 5.69 Å². The molecule has 0 amide bonds. The van der Waals surface area contributed by atoms with Crippen molar-refractivity contribution in [3.8, 4) is 0 Å². The second-order valence-electron chi connectivity index (χ2n) is 3.69. The molecule has 1 aromatic rings. The quantitative estimate of drug-likeness (QED) is 0.753. The Balaban J connectivity index is 2.46. The molecule has 0 aliphatic carbocycles. The van der Waals surface area contributed by atoms with Crippen LogP contribution >= 0.6 is 0 Å². The number of hydrogen-bond donors (Lipinski definition) is 2. The first-order valence-corrected chi connectivity index (χ1v) is 5.83. The van der Waals surface area contributed by atoms with Crippen LogP contribution in [-0.2, 0) is 0 Å². The number of carboxylic acids is 1. The van der Waals surface area contributed by atoms with Crippen LogP contribution in [0, 0.1) is 0 Å². The molecule has 0 saturated carbocycles. The number of nitrogens with zero attached hydrogens (tertiary/aromatic N) is 2. The maximum Gasteiger partial charge on any atom is 0.354 e. The third-order valence-corrected chi connectivity index (χ3v) is 2.63. The summed E-state index contributed by atoms with van der Waals surface area (Å²) in [7, 11) is 0. The molecule has 1 aromatic heterocycles. The second kappa shape index (κ2) is 6.85. The molecule has 0 atom stereocenters. The second-order valence-corrected chi connectivity index (χ2v) is 3.69. The zero-order valence-corrected chi connectivity index (χ0v) is 10.3. The van der Waals surface area contributed by atoms with Gasteiger partial charge in [-0.3, -0.25) is 0 Å². The van der Waals surface area contributed by atoms with Crippen LogP contribution in [0.15, 0.2) is 18.3 Å². The molecule has 1 heterocycles. The molecule has 2 N–H and O–H groups in total. The van der Waals surface area contributed by atoms with E-state index < -0.39 is 5.97 Å². The fourth-order valence-corrected chi connectivity index (χ4v) is 1.56. The molecule has 0 aliphatic rings. The first kappa shape index (κ1) is 13.4. The first-order chi connectivity index (χ1) is 8.17. The summed E-state index contributed by atoms with van der Waals surface area (Å²) in [4.78, 5) is 16.8. The molecule has 1 rings (SSSR count). The van der Waals surface area contributed by atoms with E-state index in [2.05, 4.69) is 29.0 Å². The smallest absolute Gasteiger partial charge is 0.354 e. The van der Waals surface area contributed by atoms with Gasteiger partial charge in [0.05, 0.1) is 0 Å². The van der Waals surface area contributed by atoms with Crippen molar-refractivity contribution in [3.05, 3.63) is 24.0 Å². The maximum absolute atomic E-state index is 10.7. The highest BCUT2D eigenvalue weighted by Gasteiger charge is 2.04. The molecule has 0 aromatic carbocycles. The van der Waals surface area contributed by atoms with Crippen molar-refractivity contribution in [1.29, 1.82) is 0 Å². The summed E-state index contributed by atoms with van der Waals surface area (Å²) >= 11 is 0. The highest BCUT2D eigenvalue weighted by Crippen LogP contribution is 2.07. The van der Waals surface area contributed by atoms with Crippen molar-refractivity contribution < 1.29 is 9.90 Å². The number of carboxylic acid groups (broad SMARTS) is 1. The van der Waals surface area contributed by atoms with Gasteiger partial charge in [-0.25, -0.2) is 9.78 Å². The zero-order chi connectivity index (χ0) is 12.7. The fraction of sp³-hybridized carbons (Fsp3) is 0.500. The molecule has 5 nitrogen and oxygen atoms in total. The largest absolute Gasteiger partial charge is 0.477 e. The van der Waals surface area contributed by atoms with Gasteiger partial charge in [-0.05, 0) is 25.2 Å². The molecule has 94 valence electrons. The summed E-state index contributed by atoms with van der Waals surface area (Å²) in [6.07, 6.45) is 1.50. The summed E-state index contributed by atoms with van der Waals surface area (Å²) in [6, 6.07) is 3.32. The summed E-state index contributed by atoms with van der Waals surface area (Å²) < 4.78 is 0. The third-order valence-electron chi connectivity index (χ3n) is 2.63. The van der Waals surface area contributed by atoms with E-state index in [1.807, 2.05) is 0 Å². The van der Waals surface area contributed by atoms with Crippen LogP contribution < -0.4 is 5.32 Å². The van der Waals surface area contributed by atoms with E-state index >= 15 is 0 Å². The van der Waals surface area contributed by atoms with E-state index in [1.165, 1.54) is 6.20 Å². The number of anilines is 1. The number of nitrogens with one attached hydrogen (secondary N) is 1. The van der Waals surface area contributed by atoms with E-state index in [0.717, 1.165) is 31.9 Å². The molecule has 0 aliphatic heterocycles. The fourth-order valence-electron chi connectivity index (χ4n) is 1.56. The van der Waals surface area contributed by atoms with Crippen LogP contribution in [0.3, 0.4) is 0 Å². The van der Waals surface area contributed by atoms with Crippen LogP contribution in [0.2, 0.25) is 0 Å². The minimum Gasteiger partial charge on any atom is -0.477 e. The highest BCUT2D eigenvalue weighted by atomic mass is 16.4. The van der Waals surface area contributed by atoms with Crippen LogP contribution in [0.4, 0.5) is 5.69 Å². The standard InChI is InChI=1S/C12H19N3O2/c1-3-15(4-2)8-7-13-10-5-6-14-11(9-10)12(16)17/h5-6,9H,3-4,7-8H2,1-2H3,(H,13,14)(H,16,17). The Morgan fingerprint density at radius 2 is 2.18 bits per heavy atom. The zero-order valence-electron chi connectivity index (χ0n) is 10.3. The average Bonchev–Trinajstić information content (AvgIpc) is 2.35. The Bertz CT molecular complexity index is 365. The number of aromatic nitrogens is 1. The summed E-state index contributed by atoms with van der Waals surface area (Å²) in [6.45, 7) is 8.03. The highest BCUT2D eigenvalue weighted by molar-refractivity contribution is 5.86. The van der Waals surface area contributed by atoms with Crippen LogP contribution in [0.5, 0.6) is 0 Å². The lowest BCUT2D eigenvalue weighted by Crippen LogP contribution is -2.28. The van der Waals surface area contributed by atoms with Gasteiger partial charge in [0, 0.05) is 25.0 Å². The predicted octanol–water partition coefficient (Wildman–Crippen LogP) is 1.53. The number of hydrogen-bond acceptors (Lipinski definition) is 4. The van der Waals surface area contributed by atoms with Gasteiger partial charge < -0.3 is 15.3 Å². The molecule has 0 spiro atoms. The van der Waals surface area contributed by atoms with E-state index in [0.29, 0.717) is 0 Å². The Kier molecular flexibility index (Phi) is 5.42. The van der Waals surface area contributed by atoms with Crippen molar-refractivity contribution in [1.82, 2.24) is 9.88 Å². The topological polar surface area (TPSA) is 65.5 Å². The molecular weight excluding hydrogens is 218 g/mol. The normalized spacial score (nSPS) is 10.5.